The second kappa shape index (κ2) is 6.26. The molecule has 3 rings (SSSR count). The van der Waals surface area contributed by atoms with Gasteiger partial charge in [-0.2, -0.15) is 4.31 Å². The predicted octanol–water partition coefficient (Wildman–Crippen LogP) is 1.38. The van der Waals surface area contributed by atoms with E-state index in [4.69, 9.17) is 4.74 Å². The summed E-state index contributed by atoms with van der Waals surface area (Å²) in [6.45, 7) is 0.435. The minimum atomic E-state index is -3.73. The van der Waals surface area contributed by atoms with E-state index in [1.807, 2.05) is 0 Å². The molecular formula is C14H14N2O5S2. The average molecular weight is 354 g/mol. The number of ether oxygens (including phenoxy) is 2. The lowest BCUT2D eigenvalue weighted by Gasteiger charge is -2.37. The Morgan fingerprint density at radius 1 is 1.35 bits per heavy atom. The van der Waals surface area contributed by atoms with Gasteiger partial charge < -0.3 is 9.47 Å². The van der Waals surface area contributed by atoms with Crippen LogP contribution < -0.4 is 4.74 Å². The highest BCUT2D eigenvalue weighted by Crippen LogP contribution is 2.29. The Hall–Kier alpha value is -1.97. The van der Waals surface area contributed by atoms with Gasteiger partial charge in [0.15, 0.2) is 0 Å². The Labute approximate surface area is 137 Å². The summed E-state index contributed by atoms with van der Waals surface area (Å²) in [4.78, 5) is 15.7. The van der Waals surface area contributed by atoms with Crippen LogP contribution in [0.25, 0.3) is 0 Å². The lowest BCUT2D eigenvalue weighted by Crippen LogP contribution is -2.56. The van der Waals surface area contributed by atoms with Gasteiger partial charge >= 0.3 is 5.97 Å². The fraction of sp³-hybridized carbons (Fsp3) is 0.286. The summed E-state index contributed by atoms with van der Waals surface area (Å²) in [7, 11) is -2.51. The van der Waals surface area contributed by atoms with Crippen LogP contribution in [0.2, 0.25) is 0 Å². The molecule has 23 heavy (non-hydrogen) atoms. The van der Waals surface area contributed by atoms with Crippen molar-refractivity contribution in [1.29, 1.82) is 0 Å². The van der Waals surface area contributed by atoms with Crippen LogP contribution in [0.5, 0.6) is 5.88 Å². The number of nitrogens with zero attached hydrogens (tertiary/aromatic N) is 2. The Balaban J connectivity index is 1.69. The van der Waals surface area contributed by atoms with E-state index in [2.05, 4.69) is 9.72 Å². The number of hydrogen-bond donors (Lipinski definition) is 0. The second-order valence-electron chi connectivity index (χ2n) is 4.84. The highest BCUT2D eigenvalue weighted by molar-refractivity contribution is 7.89. The second-order valence-corrected chi connectivity index (χ2v) is 7.66. The van der Waals surface area contributed by atoms with Gasteiger partial charge in [-0.15, -0.1) is 11.3 Å². The molecule has 0 spiro atoms. The minimum Gasteiger partial charge on any atom is -0.472 e. The van der Waals surface area contributed by atoms with E-state index in [1.165, 1.54) is 17.5 Å². The van der Waals surface area contributed by atoms with Crippen LogP contribution in [0.1, 0.15) is 9.67 Å². The van der Waals surface area contributed by atoms with Crippen LogP contribution in [0.3, 0.4) is 0 Å². The van der Waals surface area contributed by atoms with Gasteiger partial charge in [-0.25, -0.2) is 18.2 Å². The van der Waals surface area contributed by atoms with Crippen molar-refractivity contribution < 1.29 is 22.7 Å². The largest absolute Gasteiger partial charge is 0.472 e. The molecule has 2 aromatic heterocycles. The van der Waals surface area contributed by atoms with Crippen molar-refractivity contribution in [3.63, 3.8) is 0 Å². The summed E-state index contributed by atoms with van der Waals surface area (Å²) in [6.07, 6.45) is 1.36. The number of carbonyl (C=O) groups is 1. The third-order valence-electron chi connectivity index (χ3n) is 3.36. The van der Waals surface area contributed by atoms with E-state index in [0.29, 0.717) is 5.88 Å². The van der Waals surface area contributed by atoms with Gasteiger partial charge in [0.2, 0.25) is 15.9 Å². The molecule has 3 heterocycles. The Kier molecular flexibility index (Phi) is 4.33. The molecule has 0 atom stereocenters. The molecule has 122 valence electrons. The normalized spacial score (nSPS) is 15.9. The number of aromatic nitrogens is 1. The third kappa shape index (κ3) is 3.07. The van der Waals surface area contributed by atoms with Crippen molar-refractivity contribution in [2.24, 2.45) is 0 Å². The number of hydrogen-bond acceptors (Lipinski definition) is 7. The zero-order chi connectivity index (χ0) is 16.4. The average Bonchev–Trinajstić information content (AvgIpc) is 3.01. The predicted molar refractivity (Wildman–Crippen MR) is 83.1 cm³/mol. The molecule has 0 saturated carbocycles. The number of pyridine rings is 1. The van der Waals surface area contributed by atoms with E-state index >= 15 is 0 Å². The maximum atomic E-state index is 12.6. The fourth-order valence-electron chi connectivity index (χ4n) is 2.14. The minimum absolute atomic E-state index is 0.0226. The molecule has 9 heteroatoms. The number of methoxy groups -OCH3 is 1. The lowest BCUT2D eigenvalue weighted by atomic mass is 10.2. The first kappa shape index (κ1) is 15.9. The molecule has 0 aromatic carbocycles. The molecule has 1 saturated heterocycles. The zero-order valence-electron chi connectivity index (χ0n) is 12.2. The van der Waals surface area contributed by atoms with E-state index in [0.717, 1.165) is 11.3 Å². The van der Waals surface area contributed by atoms with Crippen LogP contribution in [-0.2, 0) is 14.8 Å². The molecule has 0 N–H and O–H groups in total. The van der Waals surface area contributed by atoms with Crippen LogP contribution in [0, 0.1) is 0 Å². The number of sulfonamides is 1. The van der Waals surface area contributed by atoms with Gasteiger partial charge in [-0.3, -0.25) is 0 Å². The maximum Gasteiger partial charge on any atom is 0.349 e. The number of thiophene rings is 1. The van der Waals surface area contributed by atoms with E-state index in [-0.39, 0.29) is 29.0 Å². The van der Waals surface area contributed by atoms with E-state index < -0.39 is 16.0 Å². The molecule has 1 aliphatic rings. The topological polar surface area (TPSA) is 85.8 Å². The highest BCUT2D eigenvalue weighted by atomic mass is 32.2. The third-order valence-corrected chi connectivity index (χ3v) is 6.26. The van der Waals surface area contributed by atoms with Crippen molar-refractivity contribution in [1.82, 2.24) is 9.29 Å². The summed E-state index contributed by atoms with van der Waals surface area (Å²) in [6, 6.07) is 6.70. The molecule has 1 aliphatic heterocycles. The quantitative estimate of drug-likeness (QED) is 0.754. The number of esters is 1. The monoisotopic (exact) mass is 354 g/mol. The molecule has 0 bridgehead atoms. The van der Waals surface area contributed by atoms with E-state index in [9.17, 15) is 13.2 Å². The zero-order valence-corrected chi connectivity index (χ0v) is 13.8. The lowest BCUT2D eigenvalue weighted by molar-refractivity contribution is 0.0600. The van der Waals surface area contributed by atoms with Gasteiger partial charge in [0, 0.05) is 12.3 Å². The van der Waals surface area contributed by atoms with E-state index in [1.54, 1.807) is 29.8 Å². The molecule has 0 aliphatic carbocycles. The first-order chi connectivity index (χ1) is 11.0. The van der Waals surface area contributed by atoms with Gasteiger partial charge in [0.25, 0.3) is 0 Å². The van der Waals surface area contributed by atoms with Gasteiger partial charge in [0.1, 0.15) is 15.9 Å². The SMILES string of the molecule is COC(=O)c1sccc1S(=O)(=O)N1CC(Oc2ccccn2)C1. The van der Waals surface area contributed by atoms with Crippen molar-refractivity contribution in [3.05, 3.63) is 40.7 Å². The Morgan fingerprint density at radius 3 is 2.78 bits per heavy atom. The van der Waals surface area contributed by atoms with Crippen LogP contribution >= 0.6 is 11.3 Å². The highest BCUT2D eigenvalue weighted by Gasteiger charge is 2.40. The molecule has 0 unspecified atom stereocenters. The first-order valence-electron chi connectivity index (χ1n) is 6.76. The van der Waals surface area contributed by atoms with Crippen molar-refractivity contribution >= 4 is 27.3 Å². The van der Waals surface area contributed by atoms with Crippen LogP contribution in [-0.4, -0.2) is 50.0 Å². The van der Waals surface area contributed by atoms with Gasteiger partial charge in [-0.05, 0) is 17.5 Å². The summed E-state index contributed by atoms with van der Waals surface area (Å²) >= 11 is 1.04. The van der Waals surface area contributed by atoms with Crippen LogP contribution in [0.15, 0.2) is 40.7 Å². The molecule has 0 amide bonds. The molecule has 0 radical (unpaired) electrons. The molecule has 1 fully saturated rings. The summed E-state index contributed by atoms with van der Waals surface area (Å²) in [5, 5.41) is 1.56. The summed E-state index contributed by atoms with van der Waals surface area (Å²) in [5.74, 6) is -0.194. The Bertz CT molecular complexity index is 798. The first-order valence-corrected chi connectivity index (χ1v) is 9.08. The standard InChI is InChI=1S/C14H14N2O5S2/c1-20-14(17)13-11(5-7-22-13)23(18,19)16-8-10(9-16)21-12-4-2-3-6-15-12/h2-7,10H,8-9H2,1H3. The summed E-state index contributed by atoms with van der Waals surface area (Å²) < 4.78 is 36.6. The van der Waals surface area contributed by atoms with Gasteiger partial charge in [0.05, 0.1) is 20.2 Å². The molecule has 7 nitrogen and oxygen atoms in total. The van der Waals surface area contributed by atoms with Crippen molar-refractivity contribution in [3.8, 4) is 5.88 Å². The smallest absolute Gasteiger partial charge is 0.349 e. The van der Waals surface area contributed by atoms with Crippen molar-refractivity contribution in [2.75, 3.05) is 20.2 Å². The van der Waals surface area contributed by atoms with Crippen molar-refractivity contribution in [2.45, 2.75) is 11.0 Å². The molecular weight excluding hydrogens is 340 g/mol. The maximum absolute atomic E-state index is 12.6. The van der Waals surface area contributed by atoms with Crippen LogP contribution in [0.4, 0.5) is 0 Å². The Morgan fingerprint density at radius 2 is 2.13 bits per heavy atom. The number of rotatable bonds is 5. The van der Waals surface area contributed by atoms with Gasteiger partial charge in [-0.1, -0.05) is 6.07 Å². The summed E-state index contributed by atoms with van der Waals surface area (Å²) in [5.41, 5.74) is 0. The molecule has 2 aromatic rings. The fourth-order valence-corrected chi connectivity index (χ4v) is 4.95. The number of carbonyl (C=O) groups excluding carboxylic acids is 1.